The standard InChI is InChI=1S/C18H18ClNO5/c19-12-7-5-11(6-8-12)15(21)10-25-16(22)9-20-17(23)13-3-1-2-4-14(13)18(20)24/h5-8,13-14H,1-4,9-10H2/t13-,14+. The van der Waals surface area contributed by atoms with Crippen molar-refractivity contribution in [1.82, 2.24) is 4.90 Å². The number of rotatable bonds is 5. The van der Waals surface area contributed by atoms with Crippen LogP contribution in [-0.2, 0) is 19.1 Å². The molecule has 1 aromatic carbocycles. The molecule has 0 aromatic heterocycles. The Morgan fingerprint density at radius 1 is 1.04 bits per heavy atom. The van der Waals surface area contributed by atoms with Crippen molar-refractivity contribution < 1.29 is 23.9 Å². The summed E-state index contributed by atoms with van der Waals surface area (Å²) in [5.41, 5.74) is 0.372. The van der Waals surface area contributed by atoms with E-state index in [4.69, 9.17) is 16.3 Å². The topological polar surface area (TPSA) is 80.8 Å². The van der Waals surface area contributed by atoms with Crippen LogP contribution in [0.2, 0.25) is 5.02 Å². The van der Waals surface area contributed by atoms with Gasteiger partial charge in [-0.25, -0.2) is 0 Å². The van der Waals surface area contributed by atoms with Gasteiger partial charge < -0.3 is 4.74 Å². The van der Waals surface area contributed by atoms with Crippen LogP contribution in [0, 0.1) is 11.8 Å². The molecule has 2 fully saturated rings. The van der Waals surface area contributed by atoms with Crippen LogP contribution >= 0.6 is 11.6 Å². The summed E-state index contributed by atoms with van der Waals surface area (Å²) in [6, 6.07) is 6.22. The maximum Gasteiger partial charge on any atom is 0.326 e. The van der Waals surface area contributed by atoms with Crippen LogP contribution in [0.1, 0.15) is 36.0 Å². The predicted octanol–water partition coefficient (Wildman–Crippen LogP) is 2.24. The summed E-state index contributed by atoms with van der Waals surface area (Å²) in [5, 5.41) is 0.501. The van der Waals surface area contributed by atoms with Gasteiger partial charge >= 0.3 is 5.97 Å². The van der Waals surface area contributed by atoms with Crippen LogP contribution in [0.5, 0.6) is 0 Å². The fourth-order valence-corrected chi connectivity index (χ4v) is 3.55. The summed E-state index contributed by atoms with van der Waals surface area (Å²) >= 11 is 5.75. The Morgan fingerprint density at radius 2 is 1.60 bits per heavy atom. The van der Waals surface area contributed by atoms with E-state index in [9.17, 15) is 19.2 Å². The SMILES string of the molecule is O=C(CN1C(=O)[C@H]2CCCC[C@H]2C1=O)OCC(=O)c1ccc(Cl)cc1. The zero-order chi connectivity index (χ0) is 18.0. The highest BCUT2D eigenvalue weighted by molar-refractivity contribution is 6.30. The number of fused-ring (bicyclic) bond motifs is 1. The lowest BCUT2D eigenvalue weighted by Gasteiger charge is -2.19. The van der Waals surface area contributed by atoms with E-state index >= 15 is 0 Å². The van der Waals surface area contributed by atoms with Crippen molar-refractivity contribution in [2.45, 2.75) is 25.7 Å². The van der Waals surface area contributed by atoms with Crippen molar-refractivity contribution in [3.05, 3.63) is 34.9 Å². The Kier molecular flexibility index (Phi) is 5.18. The molecule has 0 N–H and O–H groups in total. The first-order chi connectivity index (χ1) is 12.0. The Morgan fingerprint density at radius 3 is 2.16 bits per heavy atom. The van der Waals surface area contributed by atoms with E-state index in [-0.39, 0.29) is 29.4 Å². The van der Waals surface area contributed by atoms with Crippen molar-refractivity contribution in [2.75, 3.05) is 13.2 Å². The number of amides is 2. The molecule has 132 valence electrons. The van der Waals surface area contributed by atoms with Crippen LogP contribution < -0.4 is 0 Å². The monoisotopic (exact) mass is 363 g/mol. The fraction of sp³-hybridized carbons (Fsp3) is 0.444. The zero-order valence-electron chi connectivity index (χ0n) is 13.6. The minimum Gasteiger partial charge on any atom is -0.456 e. The molecule has 0 radical (unpaired) electrons. The van der Waals surface area contributed by atoms with E-state index in [1.54, 1.807) is 12.1 Å². The molecule has 0 spiro atoms. The van der Waals surface area contributed by atoms with Crippen LogP contribution in [-0.4, -0.2) is 41.6 Å². The van der Waals surface area contributed by atoms with E-state index in [2.05, 4.69) is 0 Å². The Bertz CT molecular complexity index is 691. The van der Waals surface area contributed by atoms with Gasteiger partial charge in [0.1, 0.15) is 6.54 Å². The molecule has 6 nitrogen and oxygen atoms in total. The van der Waals surface area contributed by atoms with Crippen molar-refractivity contribution >= 4 is 35.2 Å². The number of ketones is 1. The predicted molar refractivity (Wildman–Crippen MR) is 88.9 cm³/mol. The van der Waals surface area contributed by atoms with E-state index in [0.29, 0.717) is 23.4 Å². The van der Waals surface area contributed by atoms with Crippen LogP contribution in [0.3, 0.4) is 0 Å². The Hall–Kier alpha value is -2.21. The molecular formula is C18H18ClNO5. The number of nitrogens with zero attached hydrogens (tertiary/aromatic N) is 1. The van der Waals surface area contributed by atoms with E-state index in [1.807, 2.05) is 0 Å². The summed E-state index contributed by atoms with van der Waals surface area (Å²) in [7, 11) is 0. The van der Waals surface area contributed by atoms with Gasteiger partial charge in [-0.2, -0.15) is 0 Å². The van der Waals surface area contributed by atoms with Crippen LogP contribution in [0.25, 0.3) is 0 Å². The number of Topliss-reactive ketones (excluding diaryl/α,β-unsaturated/α-hetero) is 1. The lowest BCUT2D eigenvalue weighted by atomic mass is 9.81. The third-order valence-corrected chi connectivity index (χ3v) is 5.00. The number of esters is 1. The molecule has 0 bridgehead atoms. The summed E-state index contributed by atoms with van der Waals surface area (Å²) in [4.78, 5) is 49.5. The summed E-state index contributed by atoms with van der Waals surface area (Å²) in [5.74, 6) is -2.33. The second-order valence-corrected chi connectivity index (χ2v) is 6.79. The third kappa shape index (κ3) is 3.74. The lowest BCUT2D eigenvalue weighted by Crippen LogP contribution is -2.37. The van der Waals surface area contributed by atoms with E-state index in [1.165, 1.54) is 12.1 Å². The first kappa shape index (κ1) is 17.6. The molecular weight excluding hydrogens is 346 g/mol. The van der Waals surface area contributed by atoms with Crippen molar-refractivity contribution in [1.29, 1.82) is 0 Å². The molecule has 1 saturated carbocycles. The Labute approximate surface area is 150 Å². The maximum atomic E-state index is 12.3. The average molecular weight is 364 g/mol. The highest BCUT2D eigenvalue weighted by Crippen LogP contribution is 2.37. The summed E-state index contributed by atoms with van der Waals surface area (Å²) in [6.45, 7) is -0.873. The molecule has 2 atom stereocenters. The van der Waals surface area contributed by atoms with Crippen molar-refractivity contribution in [3.8, 4) is 0 Å². The number of likely N-dealkylation sites (tertiary alicyclic amines) is 1. The Balaban J connectivity index is 1.54. The molecule has 1 aromatic rings. The summed E-state index contributed by atoms with van der Waals surface area (Å²) in [6.07, 6.45) is 3.23. The molecule has 3 rings (SSSR count). The second-order valence-electron chi connectivity index (χ2n) is 6.35. The van der Waals surface area contributed by atoms with Gasteiger partial charge in [-0.15, -0.1) is 0 Å². The van der Waals surface area contributed by atoms with Gasteiger partial charge in [0.15, 0.2) is 12.4 Å². The fourth-order valence-electron chi connectivity index (χ4n) is 3.43. The molecule has 1 aliphatic heterocycles. The smallest absolute Gasteiger partial charge is 0.326 e. The largest absolute Gasteiger partial charge is 0.456 e. The van der Waals surface area contributed by atoms with Gasteiger partial charge in [-0.3, -0.25) is 24.1 Å². The van der Waals surface area contributed by atoms with Crippen LogP contribution in [0.4, 0.5) is 0 Å². The van der Waals surface area contributed by atoms with Crippen molar-refractivity contribution in [2.24, 2.45) is 11.8 Å². The van der Waals surface area contributed by atoms with Crippen LogP contribution in [0.15, 0.2) is 24.3 Å². The lowest BCUT2D eigenvalue weighted by molar-refractivity contribution is -0.152. The molecule has 0 unspecified atom stereocenters. The number of carbonyl (C=O) groups is 4. The van der Waals surface area contributed by atoms with Gasteiger partial charge in [-0.05, 0) is 37.1 Å². The molecule has 2 aliphatic rings. The first-order valence-corrected chi connectivity index (χ1v) is 8.65. The minimum absolute atomic E-state index is 0.296. The van der Waals surface area contributed by atoms with E-state index < -0.39 is 19.1 Å². The second kappa shape index (κ2) is 7.35. The number of benzene rings is 1. The zero-order valence-corrected chi connectivity index (χ0v) is 14.3. The van der Waals surface area contributed by atoms with Crippen molar-refractivity contribution in [3.63, 3.8) is 0 Å². The van der Waals surface area contributed by atoms with Gasteiger partial charge in [0.05, 0.1) is 11.8 Å². The van der Waals surface area contributed by atoms with Gasteiger partial charge in [0, 0.05) is 10.6 Å². The molecule has 25 heavy (non-hydrogen) atoms. The number of carbonyl (C=O) groups excluding carboxylic acids is 4. The number of hydrogen-bond donors (Lipinski definition) is 0. The first-order valence-electron chi connectivity index (χ1n) is 8.27. The maximum absolute atomic E-state index is 12.3. The summed E-state index contributed by atoms with van der Waals surface area (Å²) < 4.78 is 4.93. The number of imide groups is 1. The number of hydrogen-bond acceptors (Lipinski definition) is 5. The quantitative estimate of drug-likeness (QED) is 0.455. The van der Waals surface area contributed by atoms with Gasteiger partial charge in [0.2, 0.25) is 11.8 Å². The van der Waals surface area contributed by atoms with Gasteiger partial charge in [-0.1, -0.05) is 24.4 Å². The highest BCUT2D eigenvalue weighted by atomic mass is 35.5. The number of ether oxygens (including phenoxy) is 1. The van der Waals surface area contributed by atoms with Gasteiger partial charge in [0.25, 0.3) is 0 Å². The van der Waals surface area contributed by atoms with E-state index in [0.717, 1.165) is 17.7 Å². The highest BCUT2D eigenvalue weighted by Gasteiger charge is 2.48. The minimum atomic E-state index is -0.761. The third-order valence-electron chi connectivity index (χ3n) is 4.75. The number of halogens is 1. The molecule has 1 saturated heterocycles. The normalized spacial score (nSPS) is 22.7. The molecule has 1 aliphatic carbocycles. The molecule has 2 amide bonds. The average Bonchev–Trinajstić information content (AvgIpc) is 2.86. The molecule has 1 heterocycles. The molecule has 7 heteroatoms.